The second kappa shape index (κ2) is 6.91. The summed E-state index contributed by atoms with van der Waals surface area (Å²) in [5.74, 6) is 0.410. The molecule has 0 saturated heterocycles. The number of nitrogens with one attached hydrogen (secondary N) is 1. The molecule has 0 radical (unpaired) electrons. The van der Waals surface area contributed by atoms with Gasteiger partial charge in [0.05, 0.1) is 4.90 Å². The fourth-order valence-electron chi connectivity index (χ4n) is 1.58. The Balaban J connectivity index is 2.54. The van der Waals surface area contributed by atoms with E-state index in [-0.39, 0.29) is 10.8 Å². The normalized spacial score (nSPS) is 11.6. The molecule has 1 aromatic carbocycles. The van der Waals surface area contributed by atoms with E-state index >= 15 is 0 Å². The van der Waals surface area contributed by atoms with Crippen LogP contribution in [0.25, 0.3) is 0 Å². The molecular formula is C13H18ClNO3S. The van der Waals surface area contributed by atoms with Crippen molar-refractivity contribution >= 4 is 25.6 Å². The molecule has 1 rings (SSSR count). The lowest BCUT2D eigenvalue weighted by atomic mass is 10.1. The Morgan fingerprint density at radius 3 is 2.32 bits per heavy atom. The predicted octanol–water partition coefficient (Wildman–Crippen LogP) is 2.78. The fourth-order valence-corrected chi connectivity index (χ4v) is 2.35. The Labute approximate surface area is 118 Å². The third kappa shape index (κ3) is 5.61. The smallest absolute Gasteiger partial charge is 0.261 e. The minimum absolute atomic E-state index is 0.00877. The van der Waals surface area contributed by atoms with Crippen LogP contribution in [0.15, 0.2) is 29.2 Å². The average molecular weight is 304 g/mol. The maximum Gasteiger partial charge on any atom is 0.261 e. The number of hydrogen-bond donors (Lipinski definition) is 1. The zero-order valence-electron chi connectivity index (χ0n) is 11.0. The first-order valence-corrected chi connectivity index (χ1v) is 8.44. The molecule has 0 aliphatic heterocycles. The van der Waals surface area contributed by atoms with Crippen molar-refractivity contribution < 1.29 is 13.2 Å². The van der Waals surface area contributed by atoms with Crippen molar-refractivity contribution in [2.24, 2.45) is 5.92 Å². The largest absolute Gasteiger partial charge is 0.352 e. The first kappa shape index (κ1) is 16.0. The average Bonchev–Trinajstić information content (AvgIpc) is 2.33. The van der Waals surface area contributed by atoms with E-state index in [2.05, 4.69) is 19.2 Å². The maximum atomic E-state index is 11.8. The highest BCUT2D eigenvalue weighted by Gasteiger charge is 2.11. The zero-order valence-corrected chi connectivity index (χ0v) is 12.6. The SMILES string of the molecule is CC(C)CCCNC(=O)c1ccc(S(=O)(=O)Cl)cc1. The van der Waals surface area contributed by atoms with Gasteiger partial charge in [-0.15, -0.1) is 0 Å². The first-order chi connectivity index (χ1) is 8.80. The lowest BCUT2D eigenvalue weighted by molar-refractivity contribution is 0.0952. The van der Waals surface area contributed by atoms with Crippen molar-refractivity contribution in [1.29, 1.82) is 0 Å². The molecule has 0 fully saturated rings. The summed E-state index contributed by atoms with van der Waals surface area (Å²) < 4.78 is 22.1. The quantitative estimate of drug-likeness (QED) is 0.649. The van der Waals surface area contributed by atoms with E-state index < -0.39 is 9.05 Å². The van der Waals surface area contributed by atoms with Crippen molar-refractivity contribution in [3.05, 3.63) is 29.8 Å². The molecule has 1 amide bonds. The van der Waals surface area contributed by atoms with E-state index in [1.54, 1.807) is 0 Å². The molecule has 0 saturated carbocycles. The summed E-state index contributed by atoms with van der Waals surface area (Å²) in [6.07, 6.45) is 1.99. The molecule has 0 bridgehead atoms. The minimum Gasteiger partial charge on any atom is -0.352 e. The topological polar surface area (TPSA) is 63.2 Å². The number of rotatable bonds is 6. The molecule has 0 unspecified atom stereocenters. The number of carbonyl (C=O) groups excluding carboxylic acids is 1. The number of carbonyl (C=O) groups is 1. The molecule has 19 heavy (non-hydrogen) atoms. The molecule has 6 heteroatoms. The van der Waals surface area contributed by atoms with E-state index in [1.165, 1.54) is 24.3 Å². The van der Waals surface area contributed by atoms with Gasteiger partial charge in [0.1, 0.15) is 0 Å². The molecule has 1 aromatic rings. The molecule has 0 aliphatic carbocycles. The van der Waals surface area contributed by atoms with Gasteiger partial charge in [0.15, 0.2) is 0 Å². The lowest BCUT2D eigenvalue weighted by Crippen LogP contribution is -2.24. The van der Waals surface area contributed by atoms with E-state index in [0.29, 0.717) is 18.0 Å². The van der Waals surface area contributed by atoms with E-state index in [4.69, 9.17) is 10.7 Å². The van der Waals surface area contributed by atoms with Gasteiger partial charge in [-0.05, 0) is 43.0 Å². The van der Waals surface area contributed by atoms with Gasteiger partial charge in [-0.1, -0.05) is 13.8 Å². The van der Waals surface area contributed by atoms with Gasteiger partial charge in [0, 0.05) is 22.8 Å². The molecule has 0 atom stereocenters. The van der Waals surface area contributed by atoms with Crippen LogP contribution in [0.5, 0.6) is 0 Å². The molecule has 4 nitrogen and oxygen atoms in total. The molecule has 0 spiro atoms. The number of benzene rings is 1. The summed E-state index contributed by atoms with van der Waals surface area (Å²) in [5, 5.41) is 2.79. The zero-order chi connectivity index (χ0) is 14.5. The predicted molar refractivity (Wildman–Crippen MR) is 75.9 cm³/mol. The highest BCUT2D eigenvalue weighted by atomic mass is 35.7. The van der Waals surface area contributed by atoms with Crippen LogP contribution in [0.3, 0.4) is 0 Å². The van der Waals surface area contributed by atoms with Gasteiger partial charge in [-0.3, -0.25) is 4.79 Å². The van der Waals surface area contributed by atoms with Crippen molar-refractivity contribution in [3.63, 3.8) is 0 Å². The number of hydrogen-bond acceptors (Lipinski definition) is 3. The lowest BCUT2D eigenvalue weighted by Gasteiger charge is -2.07. The third-order valence-electron chi connectivity index (χ3n) is 2.64. The summed E-state index contributed by atoms with van der Waals surface area (Å²) in [4.78, 5) is 11.7. The second-order valence-corrected chi connectivity index (χ2v) is 7.32. The molecular weight excluding hydrogens is 286 g/mol. The Bertz CT molecular complexity index is 523. The molecule has 0 aliphatic rings. The Morgan fingerprint density at radius 1 is 1.26 bits per heavy atom. The molecule has 0 heterocycles. The van der Waals surface area contributed by atoms with Gasteiger partial charge in [-0.25, -0.2) is 8.42 Å². The molecule has 1 N–H and O–H groups in total. The van der Waals surface area contributed by atoms with Crippen LogP contribution in [-0.4, -0.2) is 20.9 Å². The number of halogens is 1. The van der Waals surface area contributed by atoms with Gasteiger partial charge in [-0.2, -0.15) is 0 Å². The van der Waals surface area contributed by atoms with Crippen molar-refractivity contribution in [2.75, 3.05) is 6.54 Å². The molecule has 0 aromatic heterocycles. The summed E-state index contributed by atoms with van der Waals surface area (Å²) >= 11 is 0. The van der Waals surface area contributed by atoms with Crippen LogP contribution in [0.1, 0.15) is 37.0 Å². The van der Waals surface area contributed by atoms with Crippen LogP contribution in [0, 0.1) is 5.92 Å². The van der Waals surface area contributed by atoms with E-state index in [0.717, 1.165) is 12.8 Å². The second-order valence-electron chi connectivity index (χ2n) is 4.75. The van der Waals surface area contributed by atoms with Gasteiger partial charge in [0.25, 0.3) is 15.0 Å². The monoisotopic (exact) mass is 303 g/mol. The van der Waals surface area contributed by atoms with Crippen molar-refractivity contribution in [2.45, 2.75) is 31.6 Å². The minimum atomic E-state index is -3.74. The van der Waals surface area contributed by atoms with Crippen LogP contribution in [0.4, 0.5) is 0 Å². The highest BCUT2D eigenvalue weighted by Crippen LogP contribution is 2.15. The van der Waals surface area contributed by atoms with Crippen molar-refractivity contribution in [3.8, 4) is 0 Å². The van der Waals surface area contributed by atoms with Crippen molar-refractivity contribution in [1.82, 2.24) is 5.32 Å². The van der Waals surface area contributed by atoms with E-state index in [9.17, 15) is 13.2 Å². The summed E-state index contributed by atoms with van der Waals surface area (Å²) in [6.45, 7) is 4.88. The first-order valence-electron chi connectivity index (χ1n) is 6.13. The Kier molecular flexibility index (Phi) is 5.82. The highest BCUT2D eigenvalue weighted by molar-refractivity contribution is 8.13. The number of amides is 1. The van der Waals surface area contributed by atoms with Crippen LogP contribution >= 0.6 is 10.7 Å². The molecule has 106 valence electrons. The Morgan fingerprint density at radius 2 is 1.84 bits per heavy atom. The van der Waals surface area contributed by atoms with Crippen LogP contribution < -0.4 is 5.32 Å². The summed E-state index contributed by atoms with van der Waals surface area (Å²) in [5.41, 5.74) is 0.425. The summed E-state index contributed by atoms with van der Waals surface area (Å²) in [7, 11) is 1.46. The third-order valence-corrected chi connectivity index (χ3v) is 4.01. The summed E-state index contributed by atoms with van der Waals surface area (Å²) in [6, 6.07) is 5.55. The Hall–Kier alpha value is -1.07. The van der Waals surface area contributed by atoms with E-state index in [1.807, 2.05) is 0 Å². The van der Waals surface area contributed by atoms with Crippen LogP contribution in [-0.2, 0) is 9.05 Å². The van der Waals surface area contributed by atoms with Gasteiger partial charge < -0.3 is 5.32 Å². The maximum absolute atomic E-state index is 11.8. The standard InChI is InChI=1S/C13H18ClNO3S/c1-10(2)4-3-9-15-13(16)11-5-7-12(8-6-11)19(14,17)18/h5-8,10H,3-4,9H2,1-2H3,(H,15,16). The van der Waals surface area contributed by atoms with Gasteiger partial charge in [0.2, 0.25) is 0 Å². The fraction of sp³-hybridized carbons (Fsp3) is 0.462. The van der Waals surface area contributed by atoms with Crippen LogP contribution in [0.2, 0.25) is 0 Å². The van der Waals surface area contributed by atoms with Gasteiger partial charge >= 0.3 is 0 Å².